The highest BCUT2D eigenvalue weighted by molar-refractivity contribution is 9.10. The third-order valence-corrected chi connectivity index (χ3v) is 5.71. The van der Waals surface area contributed by atoms with Gasteiger partial charge in [-0.3, -0.25) is 4.98 Å². The standard InChI is InChI=1S/C21H16BrN/c22-14-9-7-13(8-10-14)18-12-19-15-4-1-2-5-16(15)20(19)17-6-3-11-23-21(17)18/h3,5-12,15H,1-2,4H2. The molecule has 1 heterocycles. The Bertz CT molecular complexity index is 953. The Labute approximate surface area is 144 Å². The van der Waals surface area contributed by atoms with E-state index in [0.29, 0.717) is 5.92 Å². The summed E-state index contributed by atoms with van der Waals surface area (Å²) in [6, 6.07) is 15.2. The Kier molecular flexibility index (Phi) is 2.96. The molecule has 1 atom stereocenters. The Morgan fingerprint density at radius 1 is 1.09 bits per heavy atom. The van der Waals surface area contributed by atoms with Crippen molar-refractivity contribution in [1.29, 1.82) is 0 Å². The molecule has 1 unspecified atom stereocenters. The van der Waals surface area contributed by atoms with Gasteiger partial charge in [-0.15, -0.1) is 0 Å². The molecule has 1 nitrogen and oxygen atoms in total. The second-order valence-corrected chi connectivity index (χ2v) is 7.35. The predicted octanol–water partition coefficient (Wildman–Crippen LogP) is 6.33. The van der Waals surface area contributed by atoms with E-state index in [-0.39, 0.29) is 0 Å². The number of fused-ring (bicyclic) bond motifs is 6. The number of hydrogen-bond acceptors (Lipinski definition) is 1. The van der Waals surface area contributed by atoms with E-state index in [1.807, 2.05) is 6.20 Å². The molecule has 0 fully saturated rings. The van der Waals surface area contributed by atoms with Crippen LogP contribution in [0, 0.1) is 0 Å². The highest BCUT2D eigenvalue weighted by Crippen LogP contribution is 2.55. The quantitative estimate of drug-likeness (QED) is 0.493. The molecule has 2 aromatic carbocycles. The van der Waals surface area contributed by atoms with E-state index in [1.54, 1.807) is 5.57 Å². The summed E-state index contributed by atoms with van der Waals surface area (Å²) in [7, 11) is 0. The van der Waals surface area contributed by atoms with Gasteiger partial charge in [-0.2, -0.15) is 0 Å². The van der Waals surface area contributed by atoms with Crippen LogP contribution in [0.25, 0.3) is 27.6 Å². The van der Waals surface area contributed by atoms with Crippen molar-refractivity contribution in [2.24, 2.45) is 0 Å². The second-order valence-electron chi connectivity index (χ2n) is 6.44. The molecule has 0 saturated heterocycles. The molecule has 1 aromatic heterocycles. The topological polar surface area (TPSA) is 12.9 Å². The van der Waals surface area contributed by atoms with E-state index in [9.17, 15) is 0 Å². The smallest absolute Gasteiger partial charge is 0.0786 e. The maximum atomic E-state index is 4.71. The van der Waals surface area contributed by atoms with Crippen molar-refractivity contribution >= 4 is 32.4 Å². The molecule has 2 heteroatoms. The number of hydrogen-bond donors (Lipinski definition) is 0. The van der Waals surface area contributed by atoms with Crippen LogP contribution in [0.4, 0.5) is 0 Å². The van der Waals surface area contributed by atoms with Crippen LogP contribution >= 0.6 is 15.9 Å². The van der Waals surface area contributed by atoms with Crippen LogP contribution in [-0.2, 0) is 0 Å². The Hall–Kier alpha value is -1.93. The Morgan fingerprint density at radius 2 is 1.96 bits per heavy atom. The molecule has 2 aliphatic rings. The lowest BCUT2D eigenvalue weighted by Crippen LogP contribution is -2.19. The molecule has 0 spiro atoms. The first kappa shape index (κ1) is 13.5. The fourth-order valence-corrected chi connectivity index (χ4v) is 4.38. The lowest BCUT2D eigenvalue weighted by molar-refractivity contribution is 0.645. The maximum Gasteiger partial charge on any atom is 0.0786 e. The first-order valence-corrected chi connectivity index (χ1v) is 9.00. The number of aromatic nitrogens is 1. The van der Waals surface area contributed by atoms with Crippen LogP contribution in [-0.4, -0.2) is 4.98 Å². The monoisotopic (exact) mass is 361 g/mol. The Morgan fingerprint density at radius 3 is 2.83 bits per heavy atom. The van der Waals surface area contributed by atoms with Crippen LogP contribution in [0.2, 0.25) is 0 Å². The van der Waals surface area contributed by atoms with Gasteiger partial charge in [-0.25, -0.2) is 0 Å². The molecule has 0 N–H and O–H groups in total. The van der Waals surface area contributed by atoms with Gasteiger partial charge in [0.15, 0.2) is 0 Å². The van der Waals surface area contributed by atoms with Crippen LogP contribution in [0.5, 0.6) is 0 Å². The normalized spacial score (nSPS) is 18.8. The van der Waals surface area contributed by atoms with Gasteiger partial charge >= 0.3 is 0 Å². The average Bonchev–Trinajstić information content (AvgIpc) is 2.59. The molecule has 5 rings (SSSR count). The summed E-state index contributed by atoms with van der Waals surface area (Å²) in [5, 5.41) is 1.31. The van der Waals surface area contributed by atoms with E-state index >= 15 is 0 Å². The van der Waals surface area contributed by atoms with Crippen molar-refractivity contribution in [1.82, 2.24) is 4.98 Å². The third kappa shape index (κ3) is 1.94. The van der Waals surface area contributed by atoms with E-state index in [0.717, 1.165) is 9.99 Å². The largest absolute Gasteiger partial charge is 0.256 e. The van der Waals surface area contributed by atoms with E-state index in [1.165, 1.54) is 46.9 Å². The number of halogens is 1. The van der Waals surface area contributed by atoms with E-state index < -0.39 is 0 Å². The van der Waals surface area contributed by atoms with Crippen molar-refractivity contribution in [2.45, 2.75) is 25.2 Å². The number of benzene rings is 2. The van der Waals surface area contributed by atoms with Gasteiger partial charge in [0.25, 0.3) is 0 Å². The lowest BCUT2D eigenvalue weighted by atomic mass is 9.66. The molecule has 23 heavy (non-hydrogen) atoms. The number of rotatable bonds is 1. The minimum absolute atomic E-state index is 0.651. The molecule has 0 radical (unpaired) electrons. The van der Waals surface area contributed by atoms with Gasteiger partial charge in [0.05, 0.1) is 5.52 Å². The molecule has 0 aliphatic heterocycles. The summed E-state index contributed by atoms with van der Waals surface area (Å²) < 4.78 is 1.11. The van der Waals surface area contributed by atoms with Crippen molar-refractivity contribution in [3.8, 4) is 11.1 Å². The van der Waals surface area contributed by atoms with Gasteiger partial charge in [0.2, 0.25) is 0 Å². The van der Waals surface area contributed by atoms with Gasteiger partial charge < -0.3 is 0 Å². The van der Waals surface area contributed by atoms with Crippen LogP contribution in [0.15, 0.2) is 59.2 Å². The summed E-state index contributed by atoms with van der Waals surface area (Å²) in [4.78, 5) is 4.71. The zero-order valence-electron chi connectivity index (χ0n) is 12.7. The Balaban J connectivity index is 1.82. The fourth-order valence-electron chi connectivity index (χ4n) is 4.12. The van der Waals surface area contributed by atoms with Crippen LogP contribution in [0.1, 0.15) is 36.3 Å². The minimum atomic E-state index is 0.651. The summed E-state index contributed by atoms with van der Waals surface area (Å²) >= 11 is 3.53. The zero-order valence-corrected chi connectivity index (χ0v) is 14.3. The minimum Gasteiger partial charge on any atom is -0.256 e. The maximum absolute atomic E-state index is 4.71. The van der Waals surface area contributed by atoms with Gasteiger partial charge in [-0.1, -0.05) is 40.2 Å². The molecule has 0 amide bonds. The molecule has 112 valence electrons. The van der Waals surface area contributed by atoms with Crippen molar-refractivity contribution in [3.63, 3.8) is 0 Å². The number of pyridine rings is 1. The molecule has 2 aliphatic carbocycles. The van der Waals surface area contributed by atoms with Gasteiger partial charge in [0.1, 0.15) is 0 Å². The number of nitrogens with zero attached hydrogens (tertiary/aromatic N) is 1. The zero-order chi connectivity index (χ0) is 15.4. The predicted molar refractivity (Wildman–Crippen MR) is 99.4 cm³/mol. The van der Waals surface area contributed by atoms with Gasteiger partial charge in [-0.05, 0) is 65.8 Å². The van der Waals surface area contributed by atoms with Crippen molar-refractivity contribution in [3.05, 3.63) is 70.3 Å². The SMILES string of the molecule is Brc1ccc(-c2cc3c(c4cccnc24)C2=CCCCC23)cc1. The first-order chi connectivity index (χ1) is 11.3. The third-order valence-electron chi connectivity index (χ3n) is 5.18. The highest BCUT2D eigenvalue weighted by Gasteiger charge is 2.35. The first-order valence-electron chi connectivity index (χ1n) is 8.21. The lowest BCUT2D eigenvalue weighted by Gasteiger charge is -2.38. The molecule has 3 aromatic rings. The van der Waals surface area contributed by atoms with Crippen LogP contribution in [0.3, 0.4) is 0 Å². The van der Waals surface area contributed by atoms with E-state index in [2.05, 4.69) is 64.5 Å². The molecule has 0 bridgehead atoms. The second kappa shape index (κ2) is 5.04. The average molecular weight is 362 g/mol. The molecular weight excluding hydrogens is 346 g/mol. The summed E-state index contributed by atoms with van der Waals surface area (Å²) in [6.07, 6.45) is 8.18. The van der Waals surface area contributed by atoms with E-state index in [4.69, 9.17) is 4.98 Å². The number of allylic oxidation sites excluding steroid dienone is 2. The fraction of sp³-hybridized carbons (Fsp3) is 0.190. The molecular formula is C21H16BrN. The van der Waals surface area contributed by atoms with Crippen molar-refractivity contribution in [2.75, 3.05) is 0 Å². The van der Waals surface area contributed by atoms with Crippen molar-refractivity contribution < 1.29 is 0 Å². The summed E-state index contributed by atoms with van der Waals surface area (Å²) in [5.74, 6) is 0.651. The highest BCUT2D eigenvalue weighted by atomic mass is 79.9. The van der Waals surface area contributed by atoms with Gasteiger partial charge in [0, 0.05) is 27.5 Å². The summed E-state index contributed by atoms with van der Waals surface area (Å²) in [6.45, 7) is 0. The van der Waals surface area contributed by atoms with Crippen LogP contribution < -0.4 is 0 Å². The molecule has 0 saturated carbocycles. The summed E-state index contributed by atoms with van der Waals surface area (Å²) in [5.41, 5.74) is 8.17.